The molecule has 0 heterocycles. The van der Waals surface area contributed by atoms with E-state index in [1.165, 1.54) is 6.07 Å². The van der Waals surface area contributed by atoms with Crippen molar-refractivity contribution in [3.8, 4) is 5.75 Å². The summed E-state index contributed by atoms with van der Waals surface area (Å²) in [5.74, 6) is 1.05. The van der Waals surface area contributed by atoms with E-state index in [0.717, 1.165) is 5.56 Å². The summed E-state index contributed by atoms with van der Waals surface area (Å²) in [6, 6.07) is 4.55. The molecule has 0 aliphatic heterocycles. The Hall–Kier alpha value is -1.11. The molecule has 6 heteroatoms. The Morgan fingerprint density at radius 3 is 2.45 bits per heavy atom. The molecule has 0 radical (unpaired) electrons. The second-order valence-corrected chi connectivity index (χ2v) is 7.03. The highest BCUT2D eigenvalue weighted by Crippen LogP contribution is 2.21. The highest BCUT2D eigenvalue weighted by atomic mass is 32.2. The highest BCUT2D eigenvalue weighted by molar-refractivity contribution is 7.89. The third kappa shape index (κ3) is 4.47. The molecule has 114 valence electrons. The van der Waals surface area contributed by atoms with E-state index in [1.807, 2.05) is 20.8 Å². The van der Waals surface area contributed by atoms with Gasteiger partial charge >= 0.3 is 0 Å². The number of aryl methyl sites for hydroxylation is 1. The van der Waals surface area contributed by atoms with E-state index >= 15 is 0 Å². The number of ether oxygens (including phenoxy) is 1. The van der Waals surface area contributed by atoms with E-state index in [9.17, 15) is 8.42 Å². The summed E-state index contributed by atoms with van der Waals surface area (Å²) >= 11 is 0. The fraction of sp³-hybridized carbons (Fsp3) is 0.571. The second-order valence-electron chi connectivity index (χ2n) is 5.31. The van der Waals surface area contributed by atoms with E-state index in [-0.39, 0.29) is 17.5 Å². The minimum absolute atomic E-state index is 0.234. The molecule has 0 aliphatic rings. The van der Waals surface area contributed by atoms with Crippen LogP contribution in [0.25, 0.3) is 0 Å². The van der Waals surface area contributed by atoms with Gasteiger partial charge < -0.3 is 10.5 Å². The van der Waals surface area contributed by atoms with E-state index in [4.69, 9.17) is 10.5 Å². The van der Waals surface area contributed by atoms with Crippen molar-refractivity contribution in [1.82, 2.24) is 4.72 Å². The van der Waals surface area contributed by atoms with Crippen molar-refractivity contribution in [2.24, 2.45) is 11.7 Å². The van der Waals surface area contributed by atoms with Crippen LogP contribution >= 0.6 is 0 Å². The number of benzene rings is 1. The predicted octanol–water partition coefficient (Wildman–Crippen LogP) is 1.66. The number of rotatable bonds is 7. The van der Waals surface area contributed by atoms with Gasteiger partial charge in [-0.2, -0.15) is 0 Å². The normalized spacial score (nSPS) is 13.5. The molecule has 0 unspecified atom stereocenters. The number of hydrogen-bond donors (Lipinski definition) is 2. The largest absolute Gasteiger partial charge is 0.496 e. The first kappa shape index (κ1) is 16.9. The smallest absolute Gasteiger partial charge is 0.240 e. The maximum atomic E-state index is 12.3. The molecule has 0 bridgehead atoms. The molecule has 1 atom stereocenters. The molecule has 0 aliphatic carbocycles. The lowest BCUT2D eigenvalue weighted by Crippen LogP contribution is -2.40. The first-order valence-electron chi connectivity index (χ1n) is 6.67. The van der Waals surface area contributed by atoms with Crippen LogP contribution in [0.5, 0.6) is 5.75 Å². The third-order valence-corrected chi connectivity index (χ3v) is 4.56. The predicted molar refractivity (Wildman–Crippen MR) is 80.3 cm³/mol. The molecule has 0 fully saturated rings. The number of nitrogens with one attached hydrogen (secondary N) is 1. The molecule has 20 heavy (non-hydrogen) atoms. The van der Waals surface area contributed by atoms with Crippen molar-refractivity contribution in [3.63, 3.8) is 0 Å². The van der Waals surface area contributed by atoms with E-state index < -0.39 is 10.0 Å². The molecule has 0 amide bonds. The molecule has 1 aromatic carbocycles. The number of sulfonamides is 1. The summed E-state index contributed by atoms with van der Waals surface area (Å²) in [6.07, 6.45) is 0.713. The molecule has 5 nitrogen and oxygen atoms in total. The molecule has 1 rings (SSSR count). The standard InChI is InChI=1S/C14H24N2O3S/c1-10(2)7-12(9-15)16-20(17,18)13-5-6-14(19-4)11(3)8-13/h5-6,8,10,12,16H,7,9,15H2,1-4H3/t12-/m1/s1. The van der Waals surface area contributed by atoms with Crippen LogP contribution in [-0.2, 0) is 10.0 Å². The molecule has 3 N–H and O–H groups in total. The van der Waals surface area contributed by atoms with Crippen LogP contribution in [0, 0.1) is 12.8 Å². The molecular formula is C14H24N2O3S. The zero-order chi connectivity index (χ0) is 15.3. The van der Waals surface area contributed by atoms with Crippen molar-refractivity contribution in [2.75, 3.05) is 13.7 Å². The Morgan fingerprint density at radius 1 is 1.35 bits per heavy atom. The quantitative estimate of drug-likeness (QED) is 0.802. The van der Waals surface area contributed by atoms with Crippen LogP contribution in [-0.4, -0.2) is 28.1 Å². The van der Waals surface area contributed by atoms with Crippen LogP contribution in [0.3, 0.4) is 0 Å². The van der Waals surface area contributed by atoms with Gasteiger partial charge in [0.1, 0.15) is 5.75 Å². The van der Waals surface area contributed by atoms with Crippen LogP contribution in [0.4, 0.5) is 0 Å². The topological polar surface area (TPSA) is 81.4 Å². The fourth-order valence-electron chi connectivity index (χ4n) is 2.07. The van der Waals surface area contributed by atoms with Crippen LogP contribution < -0.4 is 15.2 Å². The van der Waals surface area contributed by atoms with Crippen LogP contribution in [0.2, 0.25) is 0 Å². The summed E-state index contributed by atoms with van der Waals surface area (Å²) in [6.45, 7) is 6.17. The summed E-state index contributed by atoms with van der Waals surface area (Å²) in [5.41, 5.74) is 6.42. The summed E-state index contributed by atoms with van der Waals surface area (Å²) in [7, 11) is -1.99. The number of methoxy groups -OCH3 is 1. The van der Waals surface area contributed by atoms with Gasteiger partial charge in [0.05, 0.1) is 12.0 Å². The molecule has 0 spiro atoms. The van der Waals surface area contributed by atoms with Crippen molar-refractivity contribution >= 4 is 10.0 Å². The highest BCUT2D eigenvalue weighted by Gasteiger charge is 2.20. The molecule has 1 aromatic rings. The van der Waals surface area contributed by atoms with Gasteiger partial charge in [-0.1, -0.05) is 13.8 Å². The molecular weight excluding hydrogens is 276 g/mol. The summed E-state index contributed by atoms with van der Waals surface area (Å²) in [4.78, 5) is 0.234. The Balaban J connectivity index is 2.95. The minimum Gasteiger partial charge on any atom is -0.496 e. The van der Waals surface area contributed by atoms with Crippen LogP contribution in [0.15, 0.2) is 23.1 Å². The van der Waals surface area contributed by atoms with Gasteiger partial charge in [-0.25, -0.2) is 13.1 Å². The molecule has 0 saturated carbocycles. The molecule has 0 aromatic heterocycles. The first-order valence-corrected chi connectivity index (χ1v) is 8.15. The average molecular weight is 300 g/mol. The van der Waals surface area contributed by atoms with Gasteiger partial charge in [-0.3, -0.25) is 0 Å². The van der Waals surface area contributed by atoms with Gasteiger partial charge in [-0.05, 0) is 43.0 Å². The van der Waals surface area contributed by atoms with Gasteiger partial charge in [0.15, 0.2) is 0 Å². The Bertz CT molecular complexity index is 541. The summed E-state index contributed by atoms with van der Waals surface area (Å²) in [5, 5.41) is 0. The monoisotopic (exact) mass is 300 g/mol. The van der Waals surface area contributed by atoms with Gasteiger partial charge in [-0.15, -0.1) is 0 Å². The van der Waals surface area contributed by atoms with Crippen molar-refractivity contribution in [1.29, 1.82) is 0 Å². The van der Waals surface area contributed by atoms with Crippen molar-refractivity contribution in [2.45, 2.75) is 38.1 Å². The van der Waals surface area contributed by atoms with Gasteiger partial charge in [0.2, 0.25) is 10.0 Å². The van der Waals surface area contributed by atoms with E-state index in [0.29, 0.717) is 18.1 Å². The SMILES string of the molecule is COc1ccc(S(=O)(=O)N[C@@H](CN)CC(C)C)cc1C. The van der Waals surface area contributed by atoms with E-state index in [2.05, 4.69) is 4.72 Å². The molecule has 0 saturated heterocycles. The van der Waals surface area contributed by atoms with Gasteiger partial charge in [0, 0.05) is 12.6 Å². The number of hydrogen-bond acceptors (Lipinski definition) is 4. The number of nitrogens with two attached hydrogens (primary N) is 1. The zero-order valence-electron chi connectivity index (χ0n) is 12.5. The summed E-state index contributed by atoms with van der Waals surface area (Å²) < 4.78 is 32.4. The average Bonchev–Trinajstić information content (AvgIpc) is 2.36. The Kier molecular flexibility index (Phi) is 5.98. The maximum Gasteiger partial charge on any atom is 0.240 e. The Labute approximate surface area is 121 Å². The van der Waals surface area contributed by atoms with Crippen molar-refractivity contribution < 1.29 is 13.2 Å². The zero-order valence-corrected chi connectivity index (χ0v) is 13.3. The van der Waals surface area contributed by atoms with E-state index in [1.54, 1.807) is 19.2 Å². The third-order valence-electron chi connectivity index (χ3n) is 3.04. The maximum absolute atomic E-state index is 12.3. The minimum atomic E-state index is -3.55. The lowest BCUT2D eigenvalue weighted by atomic mass is 10.1. The van der Waals surface area contributed by atoms with Crippen molar-refractivity contribution in [3.05, 3.63) is 23.8 Å². The fourth-order valence-corrected chi connectivity index (χ4v) is 3.41. The van der Waals surface area contributed by atoms with Gasteiger partial charge in [0.25, 0.3) is 0 Å². The van der Waals surface area contributed by atoms with Crippen LogP contribution in [0.1, 0.15) is 25.8 Å². The Morgan fingerprint density at radius 2 is 2.00 bits per heavy atom. The lowest BCUT2D eigenvalue weighted by molar-refractivity contribution is 0.411. The first-order chi connectivity index (χ1) is 9.30. The second kappa shape index (κ2) is 7.06. The lowest BCUT2D eigenvalue weighted by Gasteiger charge is -2.19.